The number of fused-ring (bicyclic) bond motifs is 8. The average Bonchev–Trinajstić information content (AvgIpc) is 2.58. The molecule has 68 valence electrons. The molecule has 4 aliphatic rings. The number of esters is 2. The Morgan fingerprint density at radius 3 is 1.85 bits per heavy atom. The molecule has 0 amide bonds. The SMILES string of the molecule is O=C1OC(=O)[C@H]2C3CC([C@H]4C[C@H]34)[C@@H]12. The molecule has 0 spiro atoms. The molecule has 6 atom stereocenters. The highest BCUT2D eigenvalue weighted by atomic mass is 16.6. The van der Waals surface area contributed by atoms with E-state index in [-0.39, 0.29) is 23.8 Å². The summed E-state index contributed by atoms with van der Waals surface area (Å²) >= 11 is 0. The highest BCUT2D eigenvalue weighted by Gasteiger charge is 2.71. The number of hydrogen-bond acceptors (Lipinski definition) is 3. The van der Waals surface area contributed by atoms with Crippen molar-refractivity contribution in [3.63, 3.8) is 0 Å². The van der Waals surface area contributed by atoms with Gasteiger partial charge >= 0.3 is 11.9 Å². The third kappa shape index (κ3) is 0.550. The molecule has 1 saturated heterocycles. The predicted molar refractivity (Wildman–Crippen MR) is 41.3 cm³/mol. The quantitative estimate of drug-likeness (QED) is 0.402. The van der Waals surface area contributed by atoms with Crippen LogP contribution in [0.1, 0.15) is 12.8 Å². The molecule has 3 nitrogen and oxygen atoms in total. The smallest absolute Gasteiger partial charge is 0.317 e. The summed E-state index contributed by atoms with van der Waals surface area (Å²) < 4.78 is 4.70. The Bertz CT molecular complexity index is 305. The number of carbonyl (C=O) groups is 2. The highest BCUT2D eigenvalue weighted by Crippen LogP contribution is 2.70. The maximum absolute atomic E-state index is 11.4. The van der Waals surface area contributed by atoms with Gasteiger partial charge in [-0.15, -0.1) is 0 Å². The van der Waals surface area contributed by atoms with Crippen molar-refractivity contribution in [3.05, 3.63) is 0 Å². The maximum atomic E-state index is 11.4. The van der Waals surface area contributed by atoms with Gasteiger partial charge in [-0.25, -0.2) is 0 Å². The third-order valence-corrected chi connectivity index (χ3v) is 4.59. The van der Waals surface area contributed by atoms with E-state index >= 15 is 0 Å². The van der Waals surface area contributed by atoms with Crippen LogP contribution in [0.2, 0.25) is 0 Å². The van der Waals surface area contributed by atoms with Crippen LogP contribution in [0.15, 0.2) is 0 Å². The second-order valence-corrected chi connectivity index (χ2v) is 4.92. The molecule has 0 N–H and O–H groups in total. The average molecular weight is 178 g/mol. The van der Waals surface area contributed by atoms with Gasteiger partial charge in [-0.3, -0.25) is 9.59 Å². The standard InChI is InChI=1S/C10H10O3/c11-9-7-5-2-6(4-1-3(4)5)8(7)10(12)13-9/h3-8H,1-2H2/t3-,4-,5?,6?,7-,8+/m0/s1. The fourth-order valence-electron chi connectivity index (χ4n) is 4.12. The van der Waals surface area contributed by atoms with Crippen LogP contribution < -0.4 is 0 Å². The molecule has 3 heteroatoms. The van der Waals surface area contributed by atoms with E-state index in [1.807, 2.05) is 0 Å². The van der Waals surface area contributed by atoms with E-state index in [2.05, 4.69) is 0 Å². The largest absolute Gasteiger partial charge is 0.393 e. The van der Waals surface area contributed by atoms with Crippen molar-refractivity contribution in [1.29, 1.82) is 0 Å². The second kappa shape index (κ2) is 1.68. The van der Waals surface area contributed by atoms with E-state index in [1.54, 1.807) is 0 Å². The molecule has 13 heavy (non-hydrogen) atoms. The first-order valence-electron chi connectivity index (χ1n) is 5.03. The first kappa shape index (κ1) is 6.57. The lowest BCUT2D eigenvalue weighted by Crippen LogP contribution is -2.26. The van der Waals surface area contributed by atoms with E-state index in [1.165, 1.54) is 6.42 Å². The summed E-state index contributed by atoms with van der Waals surface area (Å²) in [5, 5.41) is 0. The minimum absolute atomic E-state index is 0.0405. The summed E-state index contributed by atoms with van der Waals surface area (Å²) in [4.78, 5) is 22.8. The van der Waals surface area contributed by atoms with Gasteiger partial charge in [-0.05, 0) is 36.5 Å². The number of rotatable bonds is 0. The molecule has 3 saturated carbocycles. The van der Waals surface area contributed by atoms with E-state index in [0.717, 1.165) is 18.3 Å². The zero-order valence-corrected chi connectivity index (χ0v) is 7.10. The lowest BCUT2D eigenvalue weighted by atomic mass is 9.81. The number of carbonyl (C=O) groups excluding carboxylic acids is 2. The van der Waals surface area contributed by atoms with Crippen LogP contribution in [0.5, 0.6) is 0 Å². The highest BCUT2D eigenvalue weighted by molar-refractivity contribution is 5.97. The summed E-state index contributed by atoms with van der Waals surface area (Å²) in [6, 6.07) is 0. The van der Waals surface area contributed by atoms with Crippen molar-refractivity contribution in [2.75, 3.05) is 0 Å². The number of cyclic esters (lactones) is 2. The maximum Gasteiger partial charge on any atom is 0.317 e. The van der Waals surface area contributed by atoms with E-state index in [9.17, 15) is 9.59 Å². The van der Waals surface area contributed by atoms with E-state index in [0.29, 0.717) is 11.8 Å². The Morgan fingerprint density at radius 2 is 1.31 bits per heavy atom. The van der Waals surface area contributed by atoms with Crippen LogP contribution in [0, 0.1) is 35.5 Å². The fourth-order valence-corrected chi connectivity index (χ4v) is 4.12. The molecule has 1 aliphatic heterocycles. The molecule has 4 fully saturated rings. The van der Waals surface area contributed by atoms with Gasteiger partial charge in [0.2, 0.25) is 0 Å². The first-order valence-corrected chi connectivity index (χ1v) is 5.03. The molecule has 0 aromatic carbocycles. The minimum Gasteiger partial charge on any atom is -0.393 e. The summed E-state index contributed by atoms with van der Waals surface area (Å²) in [6.07, 6.45) is 2.38. The third-order valence-electron chi connectivity index (χ3n) is 4.59. The van der Waals surface area contributed by atoms with Crippen LogP contribution in [-0.4, -0.2) is 11.9 Å². The normalized spacial score (nSPS) is 60.6. The van der Waals surface area contributed by atoms with Gasteiger partial charge in [0, 0.05) is 0 Å². The molecule has 4 rings (SSSR count). The van der Waals surface area contributed by atoms with Crippen molar-refractivity contribution < 1.29 is 14.3 Å². The van der Waals surface area contributed by atoms with Crippen molar-refractivity contribution in [2.45, 2.75) is 12.8 Å². The van der Waals surface area contributed by atoms with Crippen molar-refractivity contribution in [1.82, 2.24) is 0 Å². The lowest BCUT2D eigenvalue weighted by molar-refractivity contribution is -0.154. The predicted octanol–water partition coefficient (Wildman–Crippen LogP) is 0.588. The summed E-state index contributed by atoms with van der Waals surface area (Å²) in [5.74, 6) is 2.00. The Hall–Kier alpha value is -0.860. The van der Waals surface area contributed by atoms with Gasteiger partial charge in [0.05, 0.1) is 11.8 Å². The molecular weight excluding hydrogens is 168 g/mol. The zero-order valence-electron chi connectivity index (χ0n) is 7.10. The Labute approximate surface area is 75.4 Å². The van der Waals surface area contributed by atoms with Gasteiger partial charge in [0.15, 0.2) is 0 Å². The van der Waals surface area contributed by atoms with Crippen LogP contribution >= 0.6 is 0 Å². The molecule has 0 radical (unpaired) electrons. The summed E-state index contributed by atoms with van der Waals surface area (Å²) in [6.45, 7) is 0. The van der Waals surface area contributed by atoms with E-state index in [4.69, 9.17) is 4.74 Å². The zero-order chi connectivity index (χ0) is 8.74. The van der Waals surface area contributed by atoms with E-state index < -0.39 is 0 Å². The van der Waals surface area contributed by atoms with Gasteiger partial charge in [-0.2, -0.15) is 0 Å². The molecule has 3 aliphatic carbocycles. The second-order valence-electron chi connectivity index (χ2n) is 4.92. The van der Waals surface area contributed by atoms with Crippen LogP contribution in [0.3, 0.4) is 0 Å². The Morgan fingerprint density at radius 1 is 0.846 bits per heavy atom. The first-order chi connectivity index (χ1) is 6.27. The molecular formula is C10H10O3. The van der Waals surface area contributed by atoms with Gasteiger partial charge in [0.25, 0.3) is 0 Å². The Kier molecular flexibility index (Phi) is 0.848. The molecule has 1 heterocycles. The van der Waals surface area contributed by atoms with Crippen molar-refractivity contribution >= 4 is 11.9 Å². The van der Waals surface area contributed by atoms with Gasteiger partial charge in [0.1, 0.15) is 0 Å². The summed E-state index contributed by atoms with van der Waals surface area (Å²) in [5.41, 5.74) is 0. The van der Waals surface area contributed by atoms with Crippen molar-refractivity contribution in [3.8, 4) is 0 Å². The van der Waals surface area contributed by atoms with Crippen molar-refractivity contribution in [2.24, 2.45) is 35.5 Å². The monoisotopic (exact) mass is 178 g/mol. The molecule has 2 unspecified atom stereocenters. The fraction of sp³-hybridized carbons (Fsp3) is 0.800. The summed E-state index contributed by atoms with van der Waals surface area (Å²) in [7, 11) is 0. The van der Waals surface area contributed by atoms with Crippen LogP contribution in [-0.2, 0) is 14.3 Å². The van der Waals surface area contributed by atoms with Gasteiger partial charge < -0.3 is 4.74 Å². The number of ether oxygens (including phenoxy) is 1. The van der Waals surface area contributed by atoms with Gasteiger partial charge in [-0.1, -0.05) is 0 Å². The number of hydrogen-bond donors (Lipinski definition) is 0. The minimum atomic E-state index is -0.229. The molecule has 0 aromatic rings. The Balaban J connectivity index is 1.84. The molecule has 0 aromatic heterocycles. The van der Waals surface area contributed by atoms with Crippen LogP contribution in [0.4, 0.5) is 0 Å². The van der Waals surface area contributed by atoms with Crippen LogP contribution in [0.25, 0.3) is 0 Å². The lowest BCUT2D eigenvalue weighted by Gasteiger charge is -2.17. The molecule has 2 bridgehead atoms. The topological polar surface area (TPSA) is 43.4 Å².